The van der Waals surface area contributed by atoms with Crippen molar-refractivity contribution in [2.45, 2.75) is 19.9 Å². The third-order valence-electron chi connectivity index (χ3n) is 3.00. The van der Waals surface area contributed by atoms with Gasteiger partial charge in [0.25, 0.3) is 11.5 Å². The number of rotatable bonds is 6. The van der Waals surface area contributed by atoms with E-state index in [4.69, 9.17) is 9.84 Å². The van der Waals surface area contributed by atoms with Gasteiger partial charge in [0, 0.05) is 18.3 Å². The largest absolute Gasteiger partial charge is 0.508 e. The molecule has 8 heteroatoms. The molecule has 0 aliphatic carbocycles. The maximum atomic E-state index is 11.9. The monoisotopic (exact) mass is 331 g/mol. The molecular formula is C16H17N3O5. The first kappa shape index (κ1) is 17.2. The van der Waals surface area contributed by atoms with E-state index in [9.17, 15) is 14.4 Å². The predicted octanol–water partition coefficient (Wildman–Crippen LogP) is 1.15. The summed E-state index contributed by atoms with van der Waals surface area (Å²) in [6, 6.07) is 8.35. The van der Waals surface area contributed by atoms with Gasteiger partial charge in [-0.2, -0.15) is 5.10 Å². The highest BCUT2D eigenvalue weighted by molar-refractivity contribution is 5.94. The fourth-order valence-electron chi connectivity index (χ4n) is 1.88. The van der Waals surface area contributed by atoms with Crippen LogP contribution in [-0.2, 0) is 16.1 Å². The topological polar surface area (TPSA) is 111 Å². The Bertz CT molecular complexity index is 783. The summed E-state index contributed by atoms with van der Waals surface area (Å²) in [5.41, 5.74) is 0.113. The molecule has 2 N–H and O–H groups in total. The number of phenols is 1. The zero-order valence-electron chi connectivity index (χ0n) is 13.1. The quantitative estimate of drug-likeness (QED) is 0.607. The van der Waals surface area contributed by atoms with Gasteiger partial charge in [-0.05, 0) is 36.8 Å². The van der Waals surface area contributed by atoms with Crippen LogP contribution in [0.25, 0.3) is 0 Å². The number of hydrogen-bond donors (Lipinski definition) is 2. The van der Waals surface area contributed by atoms with Gasteiger partial charge < -0.3 is 15.2 Å². The van der Waals surface area contributed by atoms with E-state index in [1.807, 2.05) is 6.92 Å². The molecule has 24 heavy (non-hydrogen) atoms. The minimum absolute atomic E-state index is 0.0412. The number of ether oxygens (including phenoxy) is 1. The molecule has 0 saturated heterocycles. The summed E-state index contributed by atoms with van der Waals surface area (Å²) < 4.78 is 6.05. The van der Waals surface area contributed by atoms with Gasteiger partial charge in [0.15, 0.2) is 12.3 Å². The average molecular weight is 331 g/mol. The van der Waals surface area contributed by atoms with Crippen molar-refractivity contribution in [1.82, 2.24) is 9.78 Å². The number of nitrogens with zero attached hydrogens (tertiary/aromatic N) is 2. The van der Waals surface area contributed by atoms with E-state index in [0.717, 1.165) is 0 Å². The number of carbonyl (C=O) groups is 2. The van der Waals surface area contributed by atoms with Gasteiger partial charge in [0.2, 0.25) is 0 Å². The Morgan fingerprint density at radius 3 is 2.58 bits per heavy atom. The van der Waals surface area contributed by atoms with Crippen LogP contribution in [0.1, 0.15) is 23.8 Å². The summed E-state index contributed by atoms with van der Waals surface area (Å²) in [5.74, 6) is -1.25. The molecule has 1 aromatic carbocycles. The molecule has 1 heterocycles. The molecule has 0 aliphatic heterocycles. The molecule has 126 valence electrons. The zero-order chi connectivity index (χ0) is 17.5. The van der Waals surface area contributed by atoms with Crippen molar-refractivity contribution in [2.24, 2.45) is 0 Å². The summed E-state index contributed by atoms with van der Waals surface area (Å²) in [6.45, 7) is 1.78. The van der Waals surface area contributed by atoms with Gasteiger partial charge in [-0.15, -0.1) is 0 Å². The summed E-state index contributed by atoms with van der Waals surface area (Å²) in [7, 11) is 0. The number of esters is 1. The lowest BCUT2D eigenvalue weighted by Crippen LogP contribution is -2.26. The minimum Gasteiger partial charge on any atom is -0.508 e. The van der Waals surface area contributed by atoms with E-state index in [2.05, 4.69) is 10.4 Å². The number of amides is 1. The molecule has 0 spiro atoms. The summed E-state index contributed by atoms with van der Waals surface area (Å²) in [4.78, 5) is 35.2. The average Bonchev–Trinajstić information content (AvgIpc) is 2.57. The molecule has 0 aliphatic rings. The van der Waals surface area contributed by atoms with Crippen molar-refractivity contribution in [1.29, 1.82) is 0 Å². The first-order valence-electron chi connectivity index (χ1n) is 7.33. The van der Waals surface area contributed by atoms with Crippen molar-refractivity contribution in [2.75, 3.05) is 11.9 Å². The van der Waals surface area contributed by atoms with Crippen molar-refractivity contribution < 1.29 is 19.4 Å². The molecule has 0 fully saturated rings. The zero-order valence-corrected chi connectivity index (χ0v) is 13.1. The summed E-state index contributed by atoms with van der Waals surface area (Å²) in [5, 5.41) is 15.6. The highest BCUT2D eigenvalue weighted by Crippen LogP contribution is 2.13. The molecule has 2 rings (SSSR count). The molecule has 8 nitrogen and oxygen atoms in total. The van der Waals surface area contributed by atoms with E-state index in [1.54, 1.807) is 0 Å². The van der Waals surface area contributed by atoms with Crippen LogP contribution >= 0.6 is 0 Å². The number of anilines is 1. The first-order chi connectivity index (χ1) is 11.5. The number of hydrogen-bond acceptors (Lipinski definition) is 6. The normalized spacial score (nSPS) is 10.2. The van der Waals surface area contributed by atoms with Crippen molar-refractivity contribution in [3.63, 3.8) is 0 Å². The van der Waals surface area contributed by atoms with E-state index < -0.39 is 18.5 Å². The van der Waals surface area contributed by atoms with Crippen molar-refractivity contribution >= 4 is 17.6 Å². The molecule has 0 saturated carbocycles. The van der Waals surface area contributed by atoms with E-state index in [-0.39, 0.29) is 17.0 Å². The van der Waals surface area contributed by atoms with Crippen molar-refractivity contribution in [3.05, 3.63) is 52.4 Å². The van der Waals surface area contributed by atoms with Crippen LogP contribution in [0.3, 0.4) is 0 Å². The lowest BCUT2D eigenvalue weighted by atomic mass is 10.3. The van der Waals surface area contributed by atoms with Crippen LogP contribution in [0, 0.1) is 0 Å². The minimum atomic E-state index is -0.791. The molecule has 1 amide bonds. The lowest BCUT2D eigenvalue weighted by Gasteiger charge is -2.07. The summed E-state index contributed by atoms with van der Waals surface area (Å²) in [6.07, 6.45) is 0.695. The molecule has 0 radical (unpaired) electrons. The fourth-order valence-corrected chi connectivity index (χ4v) is 1.88. The lowest BCUT2D eigenvalue weighted by molar-refractivity contribution is -0.119. The first-order valence-corrected chi connectivity index (χ1v) is 7.33. The van der Waals surface area contributed by atoms with Gasteiger partial charge >= 0.3 is 5.97 Å². The van der Waals surface area contributed by atoms with Gasteiger partial charge in [0.05, 0.1) is 0 Å². The third-order valence-corrected chi connectivity index (χ3v) is 3.00. The molecular weight excluding hydrogens is 314 g/mol. The van der Waals surface area contributed by atoms with E-state index >= 15 is 0 Å². The van der Waals surface area contributed by atoms with Gasteiger partial charge in [0.1, 0.15) is 5.75 Å². The summed E-state index contributed by atoms with van der Waals surface area (Å²) >= 11 is 0. The second-order valence-corrected chi connectivity index (χ2v) is 4.95. The van der Waals surface area contributed by atoms with Crippen LogP contribution in [0.5, 0.6) is 5.75 Å². The molecule has 2 aromatic rings. The van der Waals surface area contributed by atoms with E-state index in [0.29, 0.717) is 18.7 Å². The third kappa shape index (κ3) is 4.67. The van der Waals surface area contributed by atoms with Crippen LogP contribution in [0.4, 0.5) is 5.69 Å². The standard InChI is InChI=1S/C16H17N3O5/c1-2-9-19-15(22)8-7-13(18-19)16(23)24-10-14(21)17-11-3-5-12(20)6-4-11/h3-8,20H,2,9-10H2,1H3,(H,17,21). The van der Waals surface area contributed by atoms with Crippen LogP contribution in [-0.4, -0.2) is 33.4 Å². The van der Waals surface area contributed by atoms with Gasteiger partial charge in [-0.1, -0.05) is 6.92 Å². The molecule has 1 aromatic heterocycles. The maximum Gasteiger partial charge on any atom is 0.359 e. The van der Waals surface area contributed by atoms with Gasteiger partial charge in [-0.3, -0.25) is 9.59 Å². The van der Waals surface area contributed by atoms with Crippen LogP contribution in [0.2, 0.25) is 0 Å². The van der Waals surface area contributed by atoms with E-state index in [1.165, 1.54) is 41.1 Å². The molecule has 0 unspecified atom stereocenters. The fraction of sp³-hybridized carbons (Fsp3) is 0.250. The second kappa shape index (κ2) is 7.91. The Balaban J connectivity index is 1.92. The SMILES string of the molecule is CCCn1nc(C(=O)OCC(=O)Nc2ccc(O)cc2)ccc1=O. The number of aromatic hydroxyl groups is 1. The Morgan fingerprint density at radius 1 is 1.21 bits per heavy atom. The van der Waals surface area contributed by atoms with Crippen molar-refractivity contribution in [3.8, 4) is 5.75 Å². The van der Waals surface area contributed by atoms with Crippen LogP contribution in [0.15, 0.2) is 41.2 Å². The maximum absolute atomic E-state index is 11.9. The predicted molar refractivity (Wildman–Crippen MR) is 85.8 cm³/mol. The molecule has 0 atom stereocenters. The van der Waals surface area contributed by atoms with Gasteiger partial charge in [-0.25, -0.2) is 9.48 Å². The number of benzene rings is 1. The second-order valence-electron chi connectivity index (χ2n) is 4.95. The Labute approximate surface area is 137 Å². The number of nitrogens with one attached hydrogen (secondary N) is 1. The Hall–Kier alpha value is -3.16. The number of phenolic OH excluding ortho intramolecular Hbond substituents is 1. The van der Waals surface area contributed by atoms with Crippen LogP contribution < -0.4 is 10.9 Å². The number of aromatic nitrogens is 2. The molecule has 0 bridgehead atoms. The smallest absolute Gasteiger partial charge is 0.359 e. The Morgan fingerprint density at radius 2 is 1.92 bits per heavy atom. The Kier molecular flexibility index (Phi) is 5.67. The highest BCUT2D eigenvalue weighted by Gasteiger charge is 2.13. The number of carbonyl (C=O) groups excluding carboxylic acids is 2. The highest BCUT2D eigenvalue weighted by atomic mass is 16.5. The number of aryl methyl sites for hydroxylation is 1.